The van der Waals surface area contributed by atoms with Gasteiger partial charge in [0.15, 0.2) is 11.5 Å². The standard InChI is InChI=1S/C21H21ClN6O/c1-13-4-2-6-15(22)19(13)26-20-17-10-23-12-28(17)21-16(24-20)7-8-18(25-21)27-9-3-5-14(27)11-29/h2,4,6-8,10,12,14,29H,3,5,9,11H2,1H3,(H,24,26)/t14-/m1/s1. The van der Waals surface area contributed by atoms with Gasteiger partial charge < -0.3 is 15.3 Å². The van der Waals surface area contributed by atoms with Crippen molar-refractivity contribution in [3.63, 3.8) is 0 Å². The second-order valence-corrected chi connectivity index (χ2v) is 7.76. The average Bonchev–Trinajstić information content (AvgIpc) is 3.40. The van der Waals surface area contributed by atoms with Crippen molar-refractivity contribution in [2.45, 2.75) is 25.8 Å². The highest BCUT2D eigenvalue weighted by Gasteiger charge is 2.25. The molecule has 1 aromatic carbocycles. The number of imidazole rings is 1. The van der Waals surface area contributed by atoms with Crippen LogP contribution in [-0.2, 0) is 0 Å². The lowest BCUT2D eigenvalue weighted by Crippen LogP contribution is -2.32. The molecule has 0 amide bonds. The summed E-state index contributed by atoms with van der Waals surface area (Å²) in [5, 5.41) is 13.7. The summed E-state index contributed by atoms with van der Waals surface area (Å²) in [4.78, 5) is 16.1. The Morgan fingerprint density at radius 1 is 1.24 bits per heavy atom. The maximum Gasteiger partial charge on any atom is 0.166 e. The number of benzene rings is 1. The Hall–Kier alpha value is -2.90. The number of aliphatic hydroxyl groups excluding tert-OH is 1. The fourth-order valence-electron chi connectivity index (χ4n) is 4.00. The topological polar surface area (TPSA) is 78.6 Å². The van der Waals surface area contributed by atoms with Crippen molar-refractivity contribution in [3.8, 4) is 0 Å². The zero-order valence-electron chi connectivity index (χ0n) is 16.0. The van der Waals surface area contributed by atoms with Crippen molar-refractivity contribution >= 4 is 45.6 Å². The van der Waals surface area contributed by atoms with Gasteiger partial charge in [-0.05, 0) is 43.5 Å². The number of aromatic nitrogens is 4. The number of para-hydroxylation sites is 1. The first-order valence-electron chi connectivity index (χ1n) is 9.68. The summed E-state index contributed by atoms with van der Waals surface area (Å²) in [5.74, 6) is 1.53. The van der Waals surface area contributed by atoms with Gasteiger partial charge in [0.2, 0.25) is 0 Å². The van der Waals surface area contributed by atoms with Crippen LogP contribution in [0.2, 0.25) is 5.02 Å². The molecule has 2 N–H and O–H groups in total. The van der Waals surface area contributed by atoms with E-state index in [0.717, 1.165) is 53.1 Å². The fourth-order valence-corrected chi connectivity index (χ4v) is 4.27. The summed E-state index contributed by atoms with van der Waals surface area (Å²) < 4.78 is 1.93. The molecule has 3 aromatic heterocycles. The summed E-state index contributed by atoms with van der Waals surface area (Å²) in [6, 6.07) is 9.84. The van der Waals surface area contributed by atoms with Gasteiger partial charge in [-0.25, -0.2) is 15.0 Å². The molecule has 4 aromatic rings. The van der Waals surface area contributed by atoms with E-state index in [0.29, 0.717) is 10.8 Å². The van der Waals surface area contributed by atoms with Crippen LogP contribution >= 0.6 is 11.6 Å². The zero-order valence-corrected chi connectivity index (χ0v) is 16.8. The summed E-state index contributed by atoms with van der Waals surface area (Å²) in [6.07, 6.45) is 5.55. The minimum Gasteiger partial charge on any atom is -0.394 e. The van der Waals surface area contributed by atoms with E-state index in [1.54, 1.807) is 12.5 Å². The smallest absolute Gasteiger partial charge is 0.166 e. The van der Waals surface area contributed by atoms with Gasteiger partial charge in [-0.2, -0.15) is 0 Å². The number of nitrogens with one attached hydrogen (secondary N) is 1. The van der Waals surface area contributed by atoms with Crippen LogP contribution in [0.15, 0.2) is 42.9 Å². The maximum atomic E-state index is 9.66. The minimum atomic E-state index is 0.121. The molecular weight excluding hydrogens is 388 g/mol. The van der Waals surface area contributed by atoms with Crippen LogP contribution < -0.4 is 10.2 Å². The lowest BCUT2D eigenvalue weighted by atomic mass is 10.2. The second-order valence-electron chi connectivity index (χ2n) is 7.35. The Morgan fingerprint density at radius 2 is 2.14 bits per heavy atom. The normalized spacial score (nSPS) is 16.8. The maximum absolute atomic E-state index is 9.66. The second kappa shape index (κ2) is 7.17. The number of halogens is 1. The Kier molecular flexibility index (Phi) is 4.49. The third-order valence-electron chi connectivity index (χ3n) is 5.53. The van der Waals surface area contributed by atoms with Crippen LogP contribution in [0.4, 0.5) is 17.3 Å². The first kappa shape index (κ1) is 18.1. The SMILES string of the molecule is Cc1cccc(Cl)c1Nc1nc2ccc(N3CCC[C@@H]3CO)nc2n2cncc12. The Morgan fingerprint density at radius 3 is 2.97 bits per heavy atom. The number of nitrogens with zero attached hydrogens (tertiary/aromatic N) is 5. The molecule has 5 rings (SSSR count). The lowest BCUT2D eigenvalue weighted by Gasteiger charge is -2.24. The van der Waals surface area contributed by atoms with E-state index in [2.05, 4.69) is 15.2 Å². The highest BCUT2D eigenvalue weighted by Crippen LogP contribution is 2.32. The number of rotatable bonds is 4. The van der Waals surface area contributed by atoms with Crippen LogP contribution in [0.25, 0.3) is 16.7 Å². The summed E-state index contributed by atoms with van der Waals surface area (Å²) in [6.45, 7) is 3.04. The largest absolute Gasteiger partial charge is 0.394 e. The fraction of sp³-hybridized carbons (Fsp3) is 0.286. The number of fused-ring (bicyclic) bond motifs is 3. The third-order valence-corrected chi connectivity index (χ3v) is 5.84. The highest BCUT2D eigenvalue weighted by atomic mass is 35.5. The quantitative estimate of drug-likeness (QED) is 0.532. The Labute approximate surface area is 173 Å². The van der Waals surface area contributed by atoms with Gasteiger partial charge in [-0.3, -0.25) is 4.40 Å². The first-order chi connectivity index (χ1) is 14.2. The molecule has 0 bridgehead atoms. The Balaban J connectivity index is 1.62. The molecular formula is C21H21ClN6O. The Bertz CT molecular complexity index is 1190. The number of pyridine rings is 1. The van der Waals surface area contributed by atoms with E-state index in [1.807, 2.05) is 41.7 Å². The molecule has 1 aliphatic rings. The van der Waals surface area contributed by atoms with E-state index >= 15 is 0 Å². The highest BCUT2D eigenvalue weighted by molar-refractivity contribution is 6.33. The van der Waals surface area contributed by atoms with Gasteiger partial charge in [0.05, 0.1) is 29.6 Å². The molecule has 1 aliphatic heterocycles. The predicted molar refractivity (Wildman–Crippen MR) is 115 cm³/mol. The molecule has 0 spiro atoms. The molecule has 0 aliphatic carbocycles. The van der Waals surface area contributed by atoms with E-state index < -0.39 is 0 Å². The van der Waals surface area contributed by atoms with Crippen LogP contribution in [0, 0.1) is 6.92 Å². The van der Waals surface area contributed by atoms with Crippen molar-refractivity contribution in [1.29, 1.82) is 0 Å². The van der Waals surface area contributed by atoms with Crippen LogP contribution in [0.1, 0.15) is 18.4 Å². The van der Waals surface area contributed by atoms with Gasteiger partial charge in [0.25, 0.3) is 0 Å². The zero-order chi connectivity index (χ0) is 20.0. The number of aliphatic hydroxyl groups is 1. The summed E-state index contributed by atoms with van der Waals surface area (Å²) in [7, 11) is 0. The van der Waals surface area contributed by atoms with E-state index in [4.69, 9.17) is 21.6 Å². The van der Waals surface area contributed by atoms with Gasteiger partial charge in [-0.15, -0.1) is 0 Å². The third kappa shape index (κ3) is 3.07. The molecule has 0 radical (unpaired) electrons. The number of hydrogen-bond acceptors (Lipinski definition) is 6. The molecule has 29 heavy (non-hydrogen) atoms. The average molecular weight is 409 g/mol. The molecule has 8 heteroatoms. The van der Waals surface area contributed by atoms with Crippen molar-refractivity contribution in [2.24, 2.45) is 0 Å². The number of aryl methyl sites for hydroxylation is 1. The van der Waals surface area contributed by atoms with Gasteiger partial charge in [-0.1, -0.05) is 23.7 Å². The lowest BCUT2D eigenvalue weighted by molar-refractivity contribution is 0.266. The summed E-state index contributed by atoms with van der Waals surface area (Å²) >= 11 is 6.39. The van der Waals surface area contributed by atoms with Gasteiger partial charge >= 0.3 is 0 Å². The minimum absolute atomic E-state index is 0.121. The first-order valence-corrected chi connectivity index (χ1v) is 10.1. The molecule has 1 atom stereocenters. The molecule has 0 unspecified atom stereocenters. The predicted octanol–water partition coefficient (Wildman–Crippen LogP) is 3.94. The van der Waals surface area contributed by atoms with Crippen LogP contribution in [0.3, 0.4) is 0 Å². The van der Waals surface area contributed by atoms with Crippen molar-refractivity contribution in [3.05, 3.63) is 53.4 Å². The molecule has 0 saturated carbocycles. The molecule has 7 nitrogen and oxygen atoms in total. The summed E-state index contributed by atoms with van der Waals surface area (Å²) in [5.41, 5.74) is 4.18. The van der Waals surface area contributed by atoms with E-state index in [1.165, 1.54) is 0 Å². The molecule has 1 fully saturated rings. The molecule has 1 saturated heterocycles. The van der Waals surface area contributed by atoms with Gasteiger partial charge in [0, 0.05) is 6.54 Å². The van der Waals surface area contributed by atoms with Crippen molar-refractivity contribution < 1.29 is 5.11 Å². The van der Waals surface area contributed by atoms with Crippen LogP contribution in [0.5, 0.6) is 0 Å². The van der Waals surface area contributed by atoms with E-state index in [9.17, 15) is 5.11 Å². The van der Waals surface area contributed by atoms with E-state index in [-0.39, 0.29) is 12.6 Å². The van der Waals surface area contributed by atoms with Crippen LogP contribution in [-0.4, -0.2) is 43.7 Å². The number of hydrogen-bond donors (Lipinski definition) is 2. The number of anilines is 3. The molecule has 148 valence electrons. The monoisotopic (exact) mass is 408 g/mol. The van der Waals surface area contributed by atoms with Gasteiger partial charge in [0.1, 0.15) is 23.2 Å². The molecule has 4 heterocycles. The van der Waals surface area contributed by atoms with Crippen molar-refractivity contribution in [2.75, 3.05) is 23.4 Å². The van der Waals surface area contributed by atoms with Crippen molar-refractivity contribution in [1.82, 2.24) is 19.4 Å².